The first-order chi connectivity index (χ1) is 4.79. The third-order valence-electron chi connectivity index (χ3n) is 1.86. The Morgan fingerprint density at radius 3 is 1.90 bits per heavy atom. The molecule has 0 saturated carbocycles. The highest BCUT2D eigenvalue weighted by Gasteiger charge is 2.10. The Balaban J connectivity index is 3.81. The first-order valence-electron chi connectivity index (χ1n) is 3.99. The van der Waals surface area contributed by atoms with Crippen LogP contribution in [0.3, 0.4) is 0 Å². The molecule has 1 unspecified atom stereocenters. The first-order valence-corrected chi connectivity index (χ1v) is 3.99. The Kier molecular flexibility index (Phi) is 5.22. The van der Waals surface area contributed by atoms with Gasteiger partial charge in [0.1, 0.15) is 6.29 Å². The van der Waals surface area contributed by atoms with Crippen LogP contribution in [-0.4, -0.2) is 30.3 Å². The molecule has 0 aliphatic rings. The summed E-state index contributed by atoms with van der Waals surface area (Å²) in [7, 11) is 0. The Hall–Kier alpha value is -0.370. The molecule has 60 valence electrons. The van der Waals surface area contributed by atoms with Crippen molar-refractivity contribution >= 4 is 6.29 Å². The van der Waals surface area contributed by atoms with Crippen LogP contribution in [0.1, 0.15) is 27.2 Å². The molecule has 0 spiro atoms. The minimum atomic E-state index is 0.134. The van der Waals surface area contributed by atoms with Crippen LogP contribution in [0.4, 0.5) is 0 Å². The lowest BCUT2D eigenvalue weighted by Gasteiger charge is -2.23. The van der Waals surface area contributed by atoms with Gasteiger partial charge in [-0.3, -0.25) is 4.90 Å². The van der Waals surface area contributed by atoms with Crippen LogP contribution in [-0.2, 0) is 4.79 Å². The maximum absolute atomic E-state index is 10.5. The van der Waals surface area contributed by atoms with Gasteiger partial charge in [-0.1, -0.05) is 20.8 Å². The standard InChI is InChI=1S/C8H17NO/c1-4-8(7-10)9(5-2)6-3/h7-8H,4-6H2,1-3H3. The molecule has 0 aliphatic heterocycles. The predicted octanol–water partition coefficient (Wildman–Crippen LogP) is 1.31. The second kappa shape index (κ2) is 5.42. The molecule has 0 heterocycles. The summed E-state index contributed by atoms with van der Waals surface area (Å²) in [6, 6.07) is 0.134. The van der Waals surface area contributed by atoms with Crippen LogP contribution in [0, 0.1) is 0 Å². The van der Waals surface area contributed by atoms with Gasteiger partial charge < -0.3 is 4.79 Å². The van der Waals surface area contributed by atoms with Crippen molar-refractivity contribution in [2.45, 2.75) is 33.2 Å². The highest BCUT2D eigenvalue weighted by atomic mass is 16.1. The third kappa shape index (κ3) is 2.48. The van der Waals surface area contributed by atoms with E-state index in [1.807, 2.05) is 6.92 Å². The molecule has 0 aliphatic carbocycles. The molecule has 0 N–H and O–H groups in total. The quantitative estimate of drug-likeness (QED) is 0.541. The molecule has 2 heteroatoms. The lowest BCUT2D eigenvalue weighted by Crippen LogP contribution is -2.35. The Bertz CT molecular complexity index is 89.3. The highest BCUT2D eigenvalue weighted by Crippen LogP contribution is 1.99. The fourth-order valence-corrected chi connectivity index (χ4v) is 1.13. The van der Waals surface area contributed by atoms with Crippen LogP contribution < -0.4 is 0 Å². The topological polar surface area (TPSA) is 20.3 Å². The van der Waals surface area contributed by atoms with Crippen LogP contribution in [0.25, 0.3) is 0 Å². The van der Waals surface area contributed by atoms with E-state index in [9.17, 15) is 4.79 Å². The number of hydrogen-bond acceptors (Lipinski definition) is 2. The number of carbonyl (C=O) groups excluding carboxylic acids is 1. The average Bonchev–Trinajstić information content (AvgIpc) is 2.00. The zero-order valence-corrected chi connectivity index (χ0v) is 7.13. The summed E-state index contributed by atoms with van der Waals surface area (Å²) >= 11 is 0. The second-order valence-electron chi connectivity index (χ2n) is 2.33. The zero-order chi connectivity index (χ0) is 7.98. The van der Waals surface area contributed by atoms with E-state index in [2.05, 4.69) is 18.7 Å². The summed E-state index contributed by atoms with van der Waals surface area (Å²) in [6.45, 7) is 8.13. The highest BCUT2D eigenvalue weighted by molar-refractivity contribution is 5.57. The summed E-state index contributed by atoms with van der Waals surface area (Å²) in [5, 5.41) is 0. The molecule has 10 heavy (non-hydrogen) atoms. The summed E-state index contributed by atoms with van der Waals surface area (Å²) in [5.41, 5.74) is 0. The zero-order valence-electron chi connectivity index (χ0n) is 7.13. The van der Waals surface area contributed by atoms with Crippen molar-refractivity contribution in [1.29, 1.82) is 0 Å². The van der Waals surface area contributed by atoms with E-state index in [1.54, 1.807) is 0 Å². The number of carbonyl (C=O) groups is 1. The van der Waals surface area contributed by atoms with Crippen molar-refractivity contribution in [3.63, 3.8) is 0 Å². The first kappa shape index (κ1) is 9.63. The molecule has 0 aromatic rings. The number of likely N-dealkylation sites (N-methyl/N-ethyl adjacent to an activating group) is 1. The van der Waals surface area contributed by atoms with E-state index in [-0.39, 0.29) is 6.04 Å². The number of nitrogens with zero attached hydrogens (tertiary/aromatic N) is 1. The van der Waals surface area contributed by atoms with E-state index >= 15 is 0 Å². The minimum absolute atomic E-state index is 0.134. The van der Waals surface area contributed by atoms with E-state index in [0.717, 1.165) is 25.8 Å². The lowest BCUT2D eigenvalue weighted by atomic mass is 10.2. The van der Waals surface area contributed by atoms with Crippen molar-refractivity contribution in [2.24, 2.45) is 0 Å². The third-order valence-corrected chi connectivity index (χ3v) is 1.86. The maximum atomic E-state index is 10.5. The molecular weight excluding hydrogens is 126 g/mol. The van der Waals surface area contributed by atoms with Gasteiger partial charge in [-0.25, -0.2) is 0 Å². The smallest absolute Gasteiger partial charge is 0.137 e. The lowest BCUT2D eigenvalue weighted by molar-refractivity contribution is -0.112. The summed E-state index contributed by atoms with van der Waals surface area (Å²) in [5.74, 6) is 0. The Labute approximate surface area is 63.2 Å². The van der Waals surface area contributed by atoms with Crippen molar-refractivity contribution in [2.75, 3.05) is 13.1 Å². The number of rotatable bonds is 5. The molecule has 0 bridgehead atoms. The Morgan fingerprint density at radius 1 is 1.30 bits per heavy atom. The minimum Gasteiger partial charge on any atom is -0.302 e. The molecule has 2 nitrogen and oxygen atoms in total. The van der Waals surface area contributed by atoms with E-state index < -0.39 is 0 Å². The summed E-state index contributed by atoms with van der Waals surface area (Å²) < 4.78 is 0. The monoisotopic (exact) mass is 143 g/mol. The fourth-order valence-electron chi connectivity index (χ4n) is 1.13. The molecule has 1 atom stereocenters. The molecular formula is C8H17NO. The van der Waals surface area contributed by atoms with Crippen molar-refractivity contribution in [1.82, 2.24) is 4.90 Å². The van der Waals surface area contributed by atoms with Crippen LogP contribution in [0.15, 0.2) is 0 Å². The van der Waals surface area contributed by atoms with Gasteiger partial charge >= 0.3 is 0 Å². The molecule has 0 amide bonds. The number of aldehydes is 1. The van der Waals surface area contributed by atoms with E-state index in [1.165, 1.54) is 0 Å². The van der Waals surface area contributed by atoms with Crippen molar-refractivity contribution in [3.8, 4) is 0 Å². The normalized spacial score (nSPS) is 13.6. The van der Waals surface area contributed by atoms with E-state index in [4.69, 9.17) is 0 Å². The summed E-state index contributed by atoms with van der Waals surface area (Å²) in [4.78, 5) is 12.6. The van der Waals surface area contributed by atoms with Crippen molar-refractivity contribution in [3.05, 3.63) is 0 Å². The van der Waals surface area contributed by atoms with Gasteiger partial charge in [-0.05, 0) is 19.5 Å². The van der Waals surface area contributed by atoms with Gasteiger partial charge in [0.15, 0.2) is 0 Å². The van der Waals surface area contributed by atoms with Crippen LogP contribution >= 0.6 is 0 Å². The predicted molar refractivity (Wildman–Crippen MR) is 43.1 cm³/mol. The van der Waals surface area contributed by atoms with E-state index in [0.29, 0.717) is 0 Å². The molecule has 0 rings (SSSR count). The molecule has 0 aromatic heterocycles. The second-order valence-corrected chi connectivity index (χ2v) is 2.33. The SMILES string of the molecule is CCC(C=O)N(CC)CC. The number of hydrogen-bond donors (Lipinski definition) is 0. The van der Waals surface area contributed by atoms with Gasteiger partial charge in [0.25, 0.3) is 0 Å². The summed E-state index contributed by atoms with van der Waals surface area (Å²) in [6.07, 6.45) is 1.96. The molecule has 0 radical (unpaired) electrons. The maximum Gasteiger partial charge on any atom is 0.137 e. The Morgan fingerprint density at radius 2 is 1.80 bits per heavy atom. The largest absolute Gasteiger partial charge is 0.302 e. The van der Waals surface area contributed by atoms with Gasteiger partial charge in [-0.2, -0.15) is 0 Å². The molecule has 0 aromatic carbocycles. The van der Waals surface area contributed by atoms with Gasteiger partial charge in [0.2, 0.25) is 0 Å². The fraction of sp³-hybridized carbons (Fsp3) is 0.875. The average molecular weight is 143 g/mol. The van der Waals surface area contributed by atoms with Gasteiger partial charge in [0, 0.05) is 0 Å². The molecule has 0 fully saturated rings. The van der Waals surface area contributed by atoms with Crippen LogP contribution in [0.2, 0.25) is 0 Å². The van der Waals surface area contributed by atoms with Gasteiger partial charge in [0.05, 0.1) is 6.04 Å². The van der Waals surface area contributed by atoms with Crippen molar-refractivity contribution < 1.29 is 4.79 Å². The van der Waals surface area contributed by atoms with Gasteiger partial charge in [-0.15, -0.1) is 0 Å². The van der Waals surface area contributed by atoms with Crippen LogP contribution in [0.5, 0.6) is 0 Å². The molecule has 0 saturated heterocycles.